The van der Waals surface area contributed by atoms with E-state index in [1.165, 1.54) is 25.4 Å². The van der Waals surface area contributed by atoms with Gasteiger partial charge >= 0.3 is 0 Å². The maximum atomic E-state index is 2.86. The van der Waals surface area contributed by atoms with Crippen molar-refractivity contribution in [1.29, 1.82) is 0 Å². The summed E-state index contributed by atoms with van der Waals surface area (Å²) in [7, 11) is 2.86. The van der Waals surface area contributed by atoms with Gasteiger partial charge in [0.15, 0.2) is 0 Å². The van der Waals surface area contributed by atoms with Gasteiger partial charge in [0.25, 0.3) is 0 Å². The maximum Gasteiger partial charge on any atom is -0.0271 e. The molecule has 0 saturated carbocycles. The molecule has 0 aromatic heterocycles. The fourth-order valence-electron chi connectivity index (χ4n) is 1.18. The summed E-state index contributed by atoms with van der Waals surface area (Å²) in [5.74, 6) is 0. The quantitative estimate of drug-likeness (QED) is 0.535. The predicted molar refractivity (Wildman–Crippen MR) is 47.9 cm³/mol. The van der Waals surface area contributed by atoms with Gasteiger partial charge in [0.1, 0.15) is 0 Å². The second-order valence-corrected chi connectivity index (χ2v) is 3.17. The first-order valence-corrected chi connectivity index (χ1v) is 4.76. The molecule has 0 fully saturated rings. The van der Waals surface area contributed by atoms with Crippen molar-refractivity contribution in [3.8, 4) is 0 Å². The fraction of sp³-hybridized carbons (Fsp3) is 1.00. The van der Waals surface area contributed by atoms with Gasteiger partial charge in [-0.25, -0.2) is 0 Å². The van der Waals surface area contributed by atoms with Crippen LogP contribution in [0.15, 0.2) is 0 Å². The standard InChI is InChI=1S/C8H19P/c1-4-8(5-2,6-3)7-9/h4-7,9H2,1-3H3. The van der Waals surface area contributed by atoms with Crippen LogP contribution < -0.4 is 0 Å². The first-order valence-electron chi connectivity index (χ1n) is 3.94. The van der Waals surface area contributed by atoms with Crippen molar-refractivity contribution in [2.75, 3.05) is 6.16 Å². The molecule has 0 rings (SSSR count). The summed E-state index contributed by atoms with van der Waals surface area (Å²) >= 11 is 0. The molecule has 0 aromatic rings. The molecule has 0 aliphatic carbocycles. The minimum absolute atomic E-state index is 0.630. The topological polar surface area (TPSA) is 0 Å². The molecule has 0 aliphatic rings. The van der Waals surface area contributed by atoms with Crippen LogP contribution in [0.4, 0.5) is 0 Å². The third-order valence-corrected chi connectivity index (χ3v) is 3.55. The Morgan fingerprint density at radius 1 is 1.00 bits per heavy atom. The molecule has 0 N–H and O–H groups in total. The van der Waals surface area contributed by atoms with Crippen molar-refractivity contribution in [3.63, 3.8) is 0 Å². The van der Waals surface area contributed by atoms with Gasteiger partial charge in [-0.15, -0.1) is 9.24 Å². The first kappa shape index (κ1) is 9.43. The molecule has 0 heterocycles. The lowest BCUT2D eigenvalue weighted by Gasteiger charge is -2.28. The smallest absolute Gasteiger partial charge is 0.0271 e. The molecule has 0 saturated heterocycles. The van der Waals surface area contributed by atoms with E-state index < -0.39 is 0 Å². The zero-order valence-electron chi connectivity index (χ0n) is 6.91. The second kappa shape index (κ2) is 4.28. The SMILES string of the molecule is CCC(CC)(CC)CP. The summed E-state index contributed by atoms with van der Waals surface area (Å²) in [6.45, 7) is 6.87. The monoisotopic (exact) mass is 146 g/mol. The van der Waals surface area contributed by atoms with Gasteiger partial charge in [0.2, 0.25) is 0 Å². The van der Waals surface area contributed by atoms with Crippen LogP contribution in [0.2, 0.25) is 0 Å². The van der Waals surface area contributed by atoms with Gasteiger partial charge in [0.05, 0.1) is 0 Å². The van der Waals surface area contributed by atoms with Gasteiger partial charge in [0, 0.05) is 0 Å². The molecule has 0 radical (unpaired) electrons. The zero-order valence-corrected chi connectivity index (χ0v) is 8.06. The average molecular weight is 146 g/mol. The van der Waals surface area contributed by atoms with Gasteiger partial charge in [-0.3, -0.25) is 0 Å². The highest BCUT2D eigenvalue weighted by Gasteiger charge is 2.20. The first-order chi connectivity index (χ1) is 4.24. The van der Waals surface area contributed by atoms with E-state index in [0.717, 1.165) is 0 Å². The van der Waals surface area contributed by atoms with Crippen LogP contribution in [0.5, 0.6) is 0 Å². The Labute approximate surface area is 61.6 Å². The molecule has 9 heavy (non-hydrogen) atoms. The van der Waals surface area contributed by atoms with Crippen LogP contribution in [0.3, 0.4) is 0 Å². The lowest BCUT2D eigenvalue weighted by Crippen LogP contribution is -2.18. The molecule has 0 aliphatic heterocycles. The zero-order chi connectivity index (χ0) is 7.33. The van der Waals surface area contributed by atoms with E-state index in [1.807, 2.05) is 0 Å². The van der Waals surface area contributed by atoms with Crippen molar-refractivity contribution in [3.05, 3.63) is 0 Å². The molecule has 1 heteroatoms. The summed E-state index contributed by atoms with van der Waals surface area (Å²) in [6.07, 6.45) is 5.23. The van der Waals surface area contributed by atoms with Crippen LogP contribution in [0.1, 0.15) is 40.0 Å². The summed E-state index contributed by atoms with van der Waals surface area (Å²) in [5.41, 5.74) is 0.630. The Morgan fingerprint density at radius 2 is 1.33 bits per heavy atom. The molecule has 1 atom stereocenters. The van der Waals surface area contributed by atoms with Crippen molar-refractivity contribution >= 4 is 9.24 Å². The van der Waals surface area contributed by atoms with Gasteiger partial charge in [-0.05, 0) is 11.6 Å². The Morgan fingerprint density at radius 3 is 1.33 bits per heavy atom. The highest BCUT2D eigenvalue weighted by molar-refractivity contribution is 7.16. The lowest BCUT2D eigenvalue weighted by molar-refractivity contribution is 0.294. The maximum absolute atomic E-state index is 2.86. The lowest BCUT2D eigenvalue weighted by atomic mass is 9.82. The minimum atomic E-state index is 0.630. The molecule has 56 valence electrons. The summed E-state index contributed by atoms with van der Waals surface area (Å²) < 4.78 is 0. The number of rotatable bonds is 4. The van der Waals surface area contributed by atoms with Gasteiger partial charge in [-0.1, -0.05) is 40.0 Å². The largest absolute Gasteiger partial charge is 0.137 e. The molecule has 1 unspecified atom stereocenters. The molecule has 0 amide bonds. The normalized spacial score (nSPS) is 12.0. The van der Waals surface area contributed by atoms with E-state index >= 15 is 0 Å². The minimum Gasteiger partial charge on any atom is -0.137 e. The van der Waals surface area contributed by atoms with Crippen molar-refractivity contribution in [2.24, 2.45) is 5.41 Å². The van der Waals surface area contributed by atoms with Crippen LogP contribution in [0, 0.1) is 5.41 Å². The van der Waals surface area contributed by atoms with E-state index in [9.17, 15) is 0 Å². The summed E-state index contributed by atoms with van der Waals surface area (Å²) in [5, 5.41) is 0. The Hall–Kier alpha value is 0.430. The molecule has 0 bridgehead atoms. The third-order valence-electron chi connectivity index (χ3n) is 2.68. The van der Waals surface area contributed by atoms with E-state index in [1.54, 1.807) is 0 Å². The Bertz CT molecular complexity index is 47.5. The second-order valence-electron chi connectivity index (χ2n) is 2.76. The molecule has 0 nitrogen and oxygen atoms in total. The summed E-state index contributed by atoms with van der Waals surface area (Å²) in [4.78, 5) is 0. The molecule has 0 spiro atoms. The van der Waals surface area contributed by atoms with Crippen molar-refractivity contribution in [2.45, 2.75) is 40.0 Å². The van der Waals surface area contributed by atoms with Crippen LogP contribution in [-0.4, -0.2) is 6.16 Å². The van der Waals surface area contributed by atoms with Gasteiger partial charge in [-0.2, -0.15) is 0 Å². The van der Waals surface area contributed by atoms with E-state index in [-0.39, 0.29) is 0 Å². The van der Waals surface area contributed by atoms with E-state index in [4.69, 9.17) is 0 Å². The third kappa shape index (κ3) is 2.26. The Balaban J connectivity index is 3.82. The van der Waals surface area contributed by atoms with E-state index in [0.29, 0.717) is 5.41 Å². The highest BCUT2D eigenvalue weighted by atomic mass is 31.0. The average Bonchev–Trinajstić information content (AvgIpc) is 1.95. The molecular formula is C8H19P. The van der Waals surface area contributed by atoms with Crippen LogP contribution >= 0.6 is 9.24 Å². The predicted octanol–water partition coefficient (Wildman–Crippen LogP) is 3.08. The number of hydrogen-bond donors (Lipinski definition) is 0. The molecular weight excluding hydrogens is 127 g/mol. The van der Waals surface area contributed by atoms with E-state index in [2.05, 4.69) is 30.0 Å². The highest BCUT2D eigenvalue weighted by Crippen LogP contribution is 2.31. The van der Waals surface area contributed by atoms with Crippen molar-refractivity contribution in [1.82, 2.24) is 0 Å². The fourth-order valence-corrected chi connectivity index (χ4v) is 2.05. The van der Waals surface area contributed by atoms with Gasteiger partial charge < -0.3 is 0 Å². The van der Waals surface area contributed by atoms with Crippen molar-refractivity contribution < 1.29 is 0 Å². The van der Waals surface area contributed by atoms with Crippen LogP contribution in [-0.2, 0) is 0 Å². The molecule has 0 aromatic carbocycles. The number of hydrogen-bond acceptors (Lipinski definition) is 0. The summed E-state index contributed by atoms with van der Waals surface area (Å²) in [6, 6.07) is 0. The van der Waals surface area contributed by atoms with Crippen LogP contribution in [0.25, 0.3) is 0 Å². The Kier molecular flexibility index (Phi) is 4.48.